The van der Waals surface area contributed by atoms with Crippen LogP contribution in [0.15, 0.2) is 12.4 Å². The summed E-state index contributed by atoms with van der Waals surface area (Å²) < 4.78 is 1.62. The molecule has 1 aromatic heterocycles. The van der Waals surface area contributed by atoms with Gasteiger partial charge in [-0.2, -0.15) is 0 Å². The number of hydrogen-bond acceptors (Lipinski definition) is 4. The lowest BCUT2D eigenvalue weighted by atomic mass is 9.98. The number of piperidine rings is 1. The van der Waals surface area contributed by atoms with Crippen molar-refractivity contribution in [1.29, 1.82) is 0 Å². The van der Waals surface area contributed by atoms with Crippen LogP contribution < -0.4 is 0 Å². The molecule has 1 aliphatic rings. The minimum Gasteiger partial charge on any atom is -0.481 e. The Morgan fingerprint density at radius 1 is 1.53 bits per heavy atom. The molecule has 92 valence electrons. The highest BCUT2D eigenvalue weighted by molar-refractivity contribution is 5.80. The zero-order valence-corrected chi connectivity index (χ0v) is 9.32. The summed E-state index contributed by atoms with van der Waals surface area (Å²) in [4.78, 5) is 24.1. The molecule has 0 spiro atoms. The molecule has 1 aromatic rings. The molecule has 1 saturated heterocycles. The Bertz CT molecular complexity index is 404. The van der Waals surface area contributed by atoms with Gasteiger partial charge in [0.05, 0.1) is 18.7 Å². The first kappa shape index (κ1) is 11.6. The number of carboxylic acid groups (broad SMARTS) is 1. The Hall–Kier alpha value is -1.92. The number of nitrogens with zero attached hydrogens (tertiary/aromatic N) is 4. The molecule has 2 rings (SSSR count). The Kier molecular flexibility index (Phi) is 3.36. The largest absolute Gasteiger partial charge is 0.481 e. The van der Waals surface area contributed by atoms with Crippen LogP contribution in [-0.2, 0) is 16.1 Å². The topological polar surface area (TPSA) is 88.3 Å². The molecule has 7 heteroatoms. The molecule has 0 aliphatic carbocycles. The summed E-state index contributed by atoms with van der Waals surface area (Å²) in [6.45, 7) is 1.31. The second-order valence-electron chi connectivity index (χ2n) is 4.08. The van der Waals surface area contributed by atoms with E-state index in [2.05, 4.69) is 10.3 Å². The summed E-state index contributed by atoms with van der Waals surface area (Å²) >= 11 is 0. The summed E-state index contributed by atoms with van der Waals surface area (Å²) in [5.41, 5.74) is 0. The summed E-state index contributed by atoms with van der Waals surface area (Å²) in [6, 6.07) is 0. The van der Waals surface area contributed by atoms with Gasteiger partial charge in [0.1, 0.15) is 0 Å². The van der Waals surface area contributed by atoms with Crippen molar-refractivity contribution in [2.45, 2.75) is 19.4 Å². The fourth-order valence-corrected chi connectivity index (χ4v) is 1.91. The standard InChI is InChI=1S/C10H14N4O3/c15-9-2-1-8(10(16)17)7-13(9)5-6-14-4-3-11-12-14/h3-4,8H,1-2,5-7H2,(H,16,17). The van der Waals surface area contributed by atoms with Gasteiger partial charge in [-0.3, -0.25) is 14.3 Å². The SMILES string of the molecule is O=C(O)C1CCC(=O)N(CCn2ccnn2)C1. The maximum absolute atomic E-state index is 11.6. The number of hydrogen-bond donors (Lipinski definition) is 1. The van der Waals surface area contributed by atoms with Crippen molar-refractivity contribution < 1.29 is 14.7 Å². The maximum Gasteiger partial charge on any atom is 0.308 e. The normalized spacial score (nSPS) is 20.6. The minimum absolute atomic E-state index is 0.0163. The number of carbonyl (C=O) groups excluding carboxylic acids is 1. The van der Waals surface area contributed by atoms with Gasteiger partial charge in [-0.05, 0) is 6.42 Å². The molecule has 2 heterocycles. The third kappa shape index (κ3) is 2.80. The van der Waals surface area contributed by atoms with Crippen molar-refractivity contribution in [3.05, 3.63) is 12.4 Å². The monoisotopic (exact) mass is 238 g/mol. The molecule has 1 aliphatic heterocycles. The zero-order valence-electron chi connectivity index (χ0n) is 9.32. The van der Waals surface area contributed by atoms with Crippen LogP contribution in [0.4, 0.5) is 0 Å². The highest BCUT2D eigenvalue weighted by Crippen LogP contribution is 2.17. The van der Waals surface area contributed by atoms with Gasteiger partial charge in [0, 0.05) is 25.7 Å². The van der Waals surface area contributed by atoms with Gasteiger partial charge in [0.2, 0.25) is 5.91 Å². The molecule has 0 aromatic carbocycles. The van der Waals surface area contributed by atoms with Crippen LogP contribution in [0.3, 0.4) is 0 Å². The summed E-state index contributed by atoms with van der Waals surface area (Å²) in [5.74, 6) is -1.26. The number of rotatable bonds is 4. The first-order chi connectivity index (χ1) is 8.16. The van der Waals surface area contributed by atoms with Crippen LogP contribution in [0.25, 0.3) is 0 Å². The first-order valence-corrected chi connectivity index (χ1v) is 5.51. The fraction of sp³-hybridized carbons (Fsp3) is 0.600. The van der Waals surface area contributed by atoms with Crippen LogP contribution in [-0.4, -0.2) is 50.0 Å². The summed E-state index contributed by atoms with van der Waals surface area (Å²) in [7, 11) is 0. The van der Waals surface area contributed by atoms with E-state index in [9.17, 15) is 9.59 Å². The van der Waals surface area contributed by atoms with Crippen molar-refractivity contribution in [3.8, 4) is 0 Å². The summed E-state index contributed by atoms with van der Waals surface area (Å²) in [5, 5.41) is 16.4. The van der Waals surface area contributed by atoms with Crippen molar-refractivity contribution >= 4 is 11.9 Å². The van der Waals surface area contributed by atoms with E-state index in [1.54, 1.807) is 22.0 Å². The van der Waals surface area contributed by atoms with Crippen molar-refractivity contribution in [1.82, 2.24) is 19.9 Å². The van der Waals surface area contributed by atoms with E-state index in [0.29, 0.717) is 32.5 Å². The number of aromatic nitrogens is 3. The van der Waals surface area contributed by atoms with E-state index < -0.39 is 11.9 Å². The van der Waals surface area contributed by atoms with Gasteiger partial charge >= 0.3 is 5.97 Å². The predicted molar refractivity (Wildman–Crippen MR) is 57.0 cm³/mol. The van der Waals surface area contributed by atoms with E-state index >= 15 is 0 Å². The zero-order chi connectivity index (χ0) is 12.3. The fourth-order valence-electron chi connectivity index (χ4n) is 1.91. The third-order valence-corrected chi connectivity index (χ3v) is 2.92. The quantitative estimate of drug-likeness (QED) is 0.771. The lowest BCUT2D eigenvalue weighted by Gasteiger charge is -2.30. The number of carbonyl (C=O) groups is 2. The van der Waals surface area contributed by atoms with E-state index in [4.69, 9.17) is 5.11 Å². The number of carboxylic acids is 1. The van der Waals surface area contributed by atoms with Crippen LogP contribution in [0, 0.1) is 5.92 Å². The smallest absolute Gasteiger partial charge is 0.308 e. The molecule has 7 nitrogen and oxygen atoms in total. The van der Waals surface area contributed by atoms with Gasteiger partial charge in [-0.25, -0.2) is 0 Å². The molecular formula is C10H14N4O3. The van der Waals surface area contributed by atoms with Crippen LogP contribution >= 0.6 is 0 Å². The number of aliphatic carboxylic acids is 1. The molecule has 1 N–H and O–H groups in total. The van der Waals surface area contributed by atoms with Gasteiger partial charge < -0.3 is 10.0 Å². The Labute approximate surface area is 98.0 Å². The van der Waals surface area contributed by atoms with E-state index in [0.717, 1.165) is 0 Å². The van der Waals surface area contributed by atoms with E-state index in [1.165, 1.54) is 0 Å². The van der Waals surface area contributed by atoms with Crippen LogP contribution in [0.5, 0.6) is 0 Å². The first-order valence-electron chi connectivity index (χ1n) is 5.51. The lowest BCUT2D eigenvalue weighted by molar-refractivity contribution is -0.147. The van der Waals surface area contributed by atoms with Crippen molar-refractivity contribution in [2.24, 2.45) is 5.92 Å². The highest BCUT2D eigenvalue weighted by atomic mass is 16.4. The van der Waals surface area contributed by atoms with E-state index in [-0.39, 0.29) is 5.91 Å². The number of likely N-dealkylation sites (tertiary alicyclic amines) is 1. The molecule has 1 unspecified atom stereocenters. The Morgan fingerprint density at radius 2 is 2.35 bits per heavy atom. The molecule has 17 heavy (non-hydrogen) atoms. The van der Waals surface area contributed by atoms with Gasteiger partial charge in [-0.1, -0.05) is 5.21 Å². The predicted octanol–water partition coefficient (Wildman–Crippen LogP) is -0.399. The van der Waals surface area contributed by atoms with Crippen LogP contribution in [0.1, 0.15) is 12.8 Å². The Balaban J connectivity index is 1.89. The van der Waals surface area contributed by atoms with Gasteiger partial charge in [0.15, 0.2) is 0 Å². The second-order valence-corrected chi connectivity index (χ2v) is 4.08. The molecule has 1 atom stereocenters. The van der Waals surface area contributed by atoms with Crippen molar-refractivity contribution in [3.63, 3.8) is 0 Å². The lowest BCUT2D eigenvalue weighted by Crippen LogP contribution is -2.43. The highest BCUT2D eigenvalue weighted by Gasteiger charge is 2.29. The maximum atomic E-state index is 11.6. The molecule has 0 bridgehead atoms. The summed E-state index contributed by atoms with van der Waals surface area (Å²) in [6.07, 6.45) is 4.03. The molecule has 1 amide bonds. The molecule has 0 saturated carbocycles. The molecule has 0 radical (unpaired) electrons. The number of amides is 1. The van der Waals surface area contributed by atoms with Crippen LogP contribution in [0.2, 0.25) is 0 Å². The molecule has 1 fully saturated rings. The molecular weight excluding hydrogens is 224 g/mol. The second kappa shape index (κ2) is 4.94. The van der Waals surface area contributed by atoms with Crippen molar-refractivity contribution in [2.75, 3.05) is 13.1 Å². The third-order valence-electron chi connectivity index (χ3n) is 2.92. The van der Waals surface area contributed by atoms with Gasteiger partial charge in [0.25, 0.3) is 0 Å². The van der Waals surface area contributed by atoms with E-state index in [1.807, 2.05) is 0 Å². The Morgan fingerprint density at radius 3 is 3.00 bits per heavy atom. The minimum atomic E-state index is -0.830. The van der Waals surface area contributed by atoms with Gasteiger partial charge in [-0.15, -0.1) is 5.10 Å². The average molecular weight is 238 g/mol. The average Bonchev–Trinajstić information content (AvgIpc) is 2.80.